The minimum absolute atomic E-state index is 0.389. The van der Waals surface area contributed by atoms with Crippen LogP contribution in [0.3, 0.4) is 0 Å². The van der Waals surface area contributed by atoms with Crippen molar-refractivity contribution in [2.24, 2.45) is 0 Å². The third-order valence-corrected chi connectivity index (χ3v) is 2.26. The number of carbonyl (C=O) groups is 1. The Kier molecular flexibility index (Phi) is 3.87. The van der Waals surface area contributed by atoms with Gasteiger partial charge in [-0.05, 0) is 0 Å². The van der Waals surface area contributed by atoms with E-state index < -0.39 is 5.97 Å². The monoisotopic (exact) mass is 184 g/mol. The molecule has 0 aliphatic rings. The van der Waals surface area contributed by atoms with Gasteiger partial charge in [0, 0.05) is 0 Å². The molecule has 0 saturated carbocycles. The molecule has 0 aliphatic heterocycles. The Balaban J connectivity index is 3.32. The van der Waals surface area contributed by atoms with Crippen LogP contribution in [0.25, 0.3) is 0 Å². The van der Waals surface area contributed by atoms with E-state index in [1.807, 2.05) is 5.82 Å². The standard InChI is InChI=1S/C4H9NO2Se/c1-8-2-3(5)4(6)7/h3H,2,5H2,1H3,(H,6,7)/p+1/t3-/m1/s1. The first-order valence-electron chi connectivity index (χ1n) is 2.23. The molecule has 0 aromatic rings. The van der Waals surface area contributed by atoms with E-state index in [1.54, 1.807) is 0 Å². The Bertz CT molecular complexity index is 86.1. The van der Waals surface area contributed by atoms with Crippen molar-refractivity contribution in [1.29, 1.82) is 0 Å². The van der Waals surface area contributed by atoms with Crippen molar-refractivity contribution < 1.29 is 15.6 Å². The average Bonchev–Trinajstić information content (AvgIpc) is 1.67. The van der Waals surface area contributed by atoms with Gasteiger partial charge in [0.25, 0.3) is 0 Å². The molecule has 3 nitrogen and oxygen atoms in total. The molecule has 4 heteroatoms. The van der Waals surface area contributed by atoms with Gasteiger partial charge in [-0.2, -0.15) is 0 Å². The first-order valence-corrected chi connectivity index (χ1v) is 5.15. The third kappa shape index (κ3) is 3.02. The molecule has 0 aliphatic carbocycles. The van der Waals surface area contributed by atoms with E-state index in [0.717, 1.165) is 5.32 Å². The molecule has 0 aromatic heterocycles. The van der Waals surface area contributed by atoms with Gasteiger partial charge in [0.2, 0.25) is 0 Å². The zero-order valence-corrected chi connectivity index (χ0v) is 6.47. The fraction of sp³-hybridized carbons (Fsp3) is 0.750. The van der Waals surface area contributed by atoms with Crippen LogP contribution in [0.15, 0.2) is 0 Å². The fourth-order valence-corrected chi connectivity index (χ4v) is 1.42. The van der Waals surface area contributed by atoms with E-state index in [9.17, 15) is 4.79 Å². The minimum atomic E-state index is -0.784. The number of rotatable bonds is 3. The van der Waals surface area contributed by atoms with Crippen LogP contribution >= 0.6 is 0 Å². The summed E-state index contributed by atoms with van der Waals surface area (Å²) in [4.78, 5) is 10.0. The zero-order valence-electron chi connectivity index (χ0n) is 4.76. The molecule has 0 radical (unpaired) electrons. The van der Waals surface area contributed by atoms with Crippen molar-refractivity contribution in [1.82, 2.24) is 0 Å². The van der Waals surface area contributed by atoms with Crippen molar-refractivity contribution in [3.05, 3.63) is 0 Å². The zero-order chi connectivity index (χ0) is 6.57. The number of hydrogen-bond donors (Lipinski definition) is 2. The van der Waals surface area contributed by atoms with Crippen LogP contribution < -0.4 is 5.73 Å². The van der Waals surface area contributed by atoms with Crippen LogP contribution in [-0.2, 0) is 4.79 Å². The molecule has 0 saturated heterocycles. The molecule has 0 aromatic carbocycles. The molecule has 0 fully saturated rings. The first-order chi connectivity index (χ1) is 3.68. The molecule has 0 spiro atoms. The van der Waals surface area contributed by atoms with Gasteiger partial charge in [0.05, 0.1) is 0 Å². The van der Waals surface area contributed by atoms with Crippen LogP contribution in [-0.4, -0.2) is 32.1 Å². The van der Waals surface area contributed by atoms with E-state index in [1.165, 1.54) is 0 Å². The summed E-state index contributed by atoms with van der Waals surface area (Å²) in [6.07, 6.45) is 0. The van der Waals surface area contributed by atoms with Gasteiger partial charge in [-0.25, -0.2) is 0 Å². The van der Waals surface area contributed by atoms with Gasteiger partial charge < -0.3 is 0 Å². The summed E-state index contributed by atoms with van der Waals surface area (Å²) in [5.41, 5.74) is 3.44. The van der Waals surface area contributed by atoms with Crippen molar-refractivity contribution in [2.45, 2.75) is 17.2 Å². The maximum atomic E-state index is 10.0. The van der Waals surface area contributed by atoms with Crippen LogP contribution in [0.5, 0.6) is 0 Å². The SMILES string of the molecule is C[Se]C[C@@H]([NH3+])C(=O)O. The Morgan fingerprint density at radius 3 is 2.62 bits per heavy atom. The topological polar surface area (TPSA) is 64.9 Å². The average molecular weight is 183 g/mol. The molecule has 0 rings (SSSR count). The summed E-state index contributed by atoms with van der Waals surface area (Å²) >= 11 is 0.435. The molecule has 8 heavy (non-hydrogen) atoms. The number of hydrogen-bond acceptors (Lipinski definition) is 1. The molecular weight excluding hydrogens is 173 g/mol. The van der Waals surface area contributed by atoms with E-state index >= 15 is 0 Å². The Hall–Kier alpha value is -0.0505. The van der Waals surface area contributed by atoms with Gasteiger partial charge in [0.15, 0.2) is 0 Å². The van der Waals surface area contributed by atoms with E-state index in [-0.39, 0.29) is 6.04 Å². The number of carboxylic acids is 1. The molecular formula is C4H10NO2Se+. The Morgan fingerprint density at radius 2 is 2.50 bits per heavy atom. The summed E-state index contributed by atoms with van der Waals surface area (Å²) < 4.78 is 0. The second kappa shape index (κ2) is 3.89. The Labute approximate surface area is 54.4 Å². The van der Waals surface area contributed by atoms with Crippen molar-refractivity contribution in [2.75, 3.05) is 0 Å². The second-order valence-electron chi connectivity index (χ2n) is 1.49. The molecule has 0 bridgehead atoms. The maximum absolute atomic E-state index is 10.0. The van der Waals surface area contributed by atoms with Crippen molar-refractivity contribution >= 4 is 20.9 Å². The number of carboxylic acid groups (broad SMARTS) is 1. The van der Waals surface area contributed by atoms with Gasteiger partial charge in [0.1, 0.15) is 0 Å². The van der Waals surface area contributed by atoms with Crippen LogP contribution in [0.4, 0.5) is 0 Å². The fourth-order valence-electron chi connectivity index (χ4n) is 0.272. The number of aliphatic carboxylic acids is 1. The molecule has 4 N–H and O–H groups in total. The summed E-state index contributed by atoms with van der Waals surface area (Å²) in [6.45, 7) is 0. The second-order valence-corrected chi connectivity index (χ2v) is 3.40. The van der Waals surface area contributed by atoms with E-state index in [2.05, 4.69) is 5.73 Å². The van der Waals surface area contributed by atoms with Crippen LogP contribution in [0.2, 0.25) is 11.1 Å². The summed E-state index contributed by atoms with van der Waals surface area (Å²) in [5, 5.41) is 9.00. The van der Waals surface area contributed by atoms with Crippen LogP contribution in [0, 0.1) is 0 Å². The molecule has 0 amide bonds. The van der Waals surface area contributed by atoms with Crippen molar-refractivity contribution in [3.63, 3.8) is 0 Å². The molecule has 48 valence electrons. The van der Waals surface area contributed by atoms with E-state index in [0.29, 0.717) is 15.0 Å². The summed E-state index contributed by atoms with van der Waals surface area (Å²) in [6, 6.07) is -0.389. The quantitative estimate of drug-likeness (QED) is 0.543. The van der Waals surface area contributed by atoms with Gasteiger partial charge in [-0.3, -0.25) is 0 Å². The number of quaternary nitrogens is 1. The molecule has 0 heterocycles. The molecule has 0 unspecified atom stereocenters. The molecule has 1 atom stereocenters. The van der Waals surface area contributed by atoms with E-state index in [4.69, 9.17) is 5.11 Å². The third-order valence-electron chi connectivity index (χ3n) is 0.717. The van der Waals surface area contributed by atoms with Gasteiger partial charge >= 0.3 is 53.7 Å². The van der Waals surface area contributed by atoms with Crippen LogP contribution in [0.1, 0.15) is 0 Å². The van der Waals surface area contributed by atoms with Crippen molar-refractivity contribution in [3.8, 4) is 0 Å². The van der Waals surface area contributed by atoms with Gasteiger partial charge in [-0.15, -0.1) is 0 Å². The predicted molar refractivity (Wildman–Crippen MR) is 30.7 cm³/mol. The predicted octanol–water partition coefficient (Wildman–Crippen LogP) is -1.15. The summed E-state index contributed by atoms with van der Waals surface area (Å²) in [7, 11) is 0. The normalized spacial score (nSPS) is 13.2. The summed E-state index contributed by atoms with van der Waals surface area (Å²) in [5.74, 6) is 1.22. The van der Waals surface area contributed by atoms with Gasteiger partial charge in [-0.1, -0.05) is 0 Å². The Morgan fingerprint density at radius 1 is 2.00 bits per heavy atom. The first kappa shape index (κ1) is 7.95.